The van der Waals surface area contributed by atoms with Gasteiger partial charge in [-0.2, -0.15) is 0 Å². The lowest BCUT2D eigenvalue weighted by molar-refractivity contribution is 0.184. The standard InChI is InChI=1S/C16H33N/c1-4-7-8-15-9-11-16(17,12-10-15)13-14(5-2)6-3/h14-15H,4-13,17H2,1-3H3. The molecule has 1 fully saturated rings. The number of hydrogen-bond acceptors (Lipinski definition) is 1. The van der Waals surface area contributed by atoms with Gasteiger partial charge in [-0.15, -0.1) is 0 Å². The van der Waals surface area contributed by atoms with Crippen molar-refractivity contribution in [3.05, 3.63) is 0 Å². The van der Waals surface area contributed by atoms with Gasteiger partial charge in [0.2, 0.25) is 0 Å². The van der Waals surface area contributed by atoms with Gasteiger partial charge in [0.1, 0.15) is 0 Å². The summed E-state index contributed by atoms with van der Waals surface area (Å²) in [5.41, 5.74) is 6.78. The fraction of sp³-hybridized carbons (Fsp3) is 1.00. The molecule has 0 heterocycles. The van der Waals surface area contributed by atoms with Gasteiger partial charge in [0.25, 0.3) is 0 Å². The van der Waals surface area contributed by atoms with Crippen molar-refractivity contribution in [3.8, 4) is 0 Å². The van der Waals surface area contributed by atoms with E-state index in [1.807, 2.05) is 0 Å². The summed E-state index contributed by atoms with van der Waals surface area (Å²) >= 11 is 0. The first kappa shape index (κ1) is 15.0. The fourth-order valence-electron chi connectivity index (χ4n) is 3.39. The quantitative estimate of drug-likeness (QED) is 0.672. The Hall–Kier alpha value is -0.0400. The van der Waals surface area contributed by atoms with Crippen molar-refractivity contribution in [3.63, 3.8) is 0 Å². The van der Waals surface area contributed by atoms with E-state index in [0.717, 1.165) is 11.8 Å². The predicted octanol–water partition coefficient (Wildman–Crippen LogP) is 4.89. The van der Waals surface area contributed by atoms with E-state index in [1.165, 1.54) is 64.2 Å². The molecule has 17 heavy (non-hydrogen) atoms. The Bertz CT molecular complexity index is 188. The van der Waals surface area contributed by atoms with Gasteiger partial charge in [-0.1, -0.05) is 52.9 Å². The largest absolute Gasteiger partial charge is 0.325 e. The topological polar surface area (TPSA) is 26.0 Å². The van der Waals surface area contributed by atoms with Crippen molar-refractivity contribution in [2.75, 3.05) is 0 Å². The van der Waals surface area contributed by atoms with Crippen LogP contribution in [0.5, 0.6) is 0 Å². The number of unbranched alkanes of at least 4 members (excludes halogenated alkanes) is 1. The molecule has 0 aromatic rings. The molecule has 0 bridgehead atoms. The summed E-state index contributed by atoms with van der Waals surface area (Å²) in [5.74, 6) is 1.83. The van der Waals surface area contributed by atoms with Crippen molar-refractivity contribution in [1.29, 1.82) is 0 Å². The highest BCUT2D eigenvalue weighted by molar-refractivity contribution is 4.91. The lowest BCUT2D eigenvalue weighted by Gasteiger charge is -2.39. The Morgan fingerprint density at radius 3 is 2.18 bits per heavy atom. The van der Waals surface area contributed by atoms with Gasteiger partial charge >= 0.3 is 0 Å². The lowest BCUT2D eigenvalue weighted by atomic mass is 9.71. The Labute approximate surface area is 109 Å². The van der Waals surface area contributed by atoms with E-state index < -0.39 is 0 Å². The molecule has 0 saturated heterocycles. The van der Waals surface area contributed by atoms with Crippen LogP contribution in [0.15, 0.2) is 0 Å². The molecule has 1 nitrogen and oxygen atoms in total. The summed E-state index contributed by atoms with van der Waals surface area (Å²) in [6.07, 6.45) is 13.4. The minimum atomic E-state index is 0.180. The van der Waals surface area contributed by atoms with E-state index in [1.54, 1.807) is 0 Å². The fourth-order valence-corrected chi connectivity index (χ4v) is 3.39. The molecule has 0 aromatic carbocycles. The molecule has 1 rings (SSSR count). The van der Waals surface area contributed by atoms with Gasteiger partial charge in [0.15, 0.2) is 0 Å². The number of nitrogens with two attached hydrogens (primary N) is 1. The Balaban J connectivity index is 2.32. The van der Waals surface area contributed by atoms with Crippen LogP contribution in [0.25, 0.3) is 0 Å². The number of rotatable bonds is 7. The summed E-state index contributed by atoms with van der Waals surface area (Å²) in [4.78, 5) is 0. The van der Waals surface area contributed by atoms with Crippen LogP contribution in [0.3, 0.4) is 0 Å². The van der Waals surface area contributed by atoms with Crippen molar-refractivity contribution in [2.45, 2.75) is 90.5 Å². The van der Waals surface area contributed by atoms with E-state index in [2.05, 4.69) is 20.8 Å². The molecule has 0 radical (unpaired) electrons. The van der Waals surface area contributed by atoms with E-state index in [4.69, 9.17) is 5.73 Å². The molecular weight excluding hydrogens is 206 g/mol. The highest BCUT2D eigenvalue weighted by atomic mass is 14.7. The zero-order valence-electron chi connectivity index (χ0n) is 12.3. The van der Waals surface area contributed by atoms with Gasteiger partial charge in [0.05, 0.1) is 0 Å². The maximum atomic E-state index is 6.60. The molecule has 102 valence electrons. The summed E-state index contributed by atoms with van der Waals surface area (Å²) in [7, 11) is 0. The summed E-state index contributed by atoms with van der Waals surface area (Å²) in [6.45, 7) is 6.91. The van der Waals surface area contributed by atoms with Crippen LogP contribution in [0.1, 0.15) is 85.0 Å². The Morgan fingerprint density at radius 2 is 1.71 bits per heavy atom. The minimum absolute atomic E-state index is 0.180. The SMILES string of the molecule is CCCCC1CCC(N)(CC(CC)CC)CC1. The molecule has 0 aromatic heterocycles. The summed E-state index contributed by atoms with van der Waals surface area (Å²) < 4.78 is 0. The molecule has 1 aliphatic rings. The second-order valence-corrected chi connectivity index (χ2v) is 6.33. The van der Waals surface area contributed by atoms with Crippen molar-refractivity contribution in [2.24, 2.45) is 17.6 Å². The maximum Gasteiger partial charge on any atom is 0.0157 e. The van der Waals surface area contributed by atoms with Gasteiger partial charge in [0, 0.05) is 5.54 Å². The Morgan fingerprint density at radius 1 is 1.12 bits per heavy atom. The van der Waals surface area contributed by atoms with E-state index >= 15 is 0 Å². The summed E-state index contributed by atoms with van der Waals surface area (Å²) in [5, 5.41) is 0. The molecule has 0 spiro atoms. The highest BCUT2D eigenvalue weighted by Crippen LogP contribution is 2.37. The van der Waals surface area contributed by atoms with Crippen LogP contribution in [0.4, 0.5) is 0 Å². The van der Waals surface area contributed by atoms with Gasteiger partial charge in [-0.3, -0.25) is 0 Å². The van der Waals surface area contributed by atoms with E-state index in [0.29, 0.717) is 0 Å². The molecule has 0 amide bonds. The summed E-state index contributed by atoms with van der Waals surface area (Å²) in [6, 6.07) is 0. The molecule has 0 unspecified atom stereocenters. The molecule has 1 saturated carbocycles. The first-order chi connectivity index (χ1) is 8.13. The smallest absolute Gasteiger partial charge is 0.0157 e. The molecular formula is C16H33N. The molecule has 0 aliphatic heterocycles. The predicted molar refractivity (Wildman–Crippen MR) is 77.1 cm³/mol. The third-order valence-electron chi connectivity index (χ3n) is 4.92. The third kappa shape index (κ3) is 4.99. The van der Waals surface area contributed by atoms with Gasteiger partial charge < -0.3 is 5.73 Å². The van der Waals surface area contributed by atoms with Crippen LogP contribution in [0, 0.1) is 11.8 Å². The van der Waals surface area contributed by atoms with Crippen molar-refractivity contribution < 1.29 is 0 Å². The normalized spacial score (nSPS) is 29.8. The van der Waals surface area contributed by atoms with Gasteiger partial charge in [-0.25, -0.2) is 0 Å². The van der Waals surface area contributed by atoms with Crippen LogP contribution >= 0.6 is 0 Å². The van der Waals surface area contributed by atoms with Crippen LogP contribution in [-0.4, -0.2) is 5.54 Å². The molecule has 0 atom stereocenters. The number of hydrogen-bond donors (Lipinski definition) is 1. The molecule has 1 heteroatoms. The van der Waals surface area contributed by atoms with Crippen LogP contribution < -0.4 is 5.73 Å². The molecule has 1 aliphatic carbocycles. The minimum Gasteiger partial charge on any atom is -0.325 e. The maximum absolute atomic E-state index is 6.60. The highest BCUT2D eigenvalue weighted by Gasteiger charge is 2.32. The first-order valence-electron chi connectivity index (χ1n) is 7.92. The zero-order chi connectivity index (χ0) is 12.7. The first-order valence-corrected chi connectivity index (χ1v) is 7.92. The Kier molecular flexibility index (Phi) is 6.54. The lowest BCUT2D eigenvalue weighted by Crippen LogP contribution is -2.44. The molecule has 2 N–H and O–H groups in total. The average molecular weight is 239 g/mol. The average Bonchev–Trinajstić information content (AvgIpc) is 2.35. The van der Waals surface area contributed by atoms with Crippen molar-refractivity contribution in [1.82, 2.24) is 0 Å². The van der Waals surface area contributed by atoms with Crippen molar-refractivity contribution >= 4 is 0 Å². The monoisotopic (exact) mass is 239 g/mol. The van der Waals surface area contributed by atoms with Gasteiger partial charge in [-0.05, 0) is 43.9 Å². The van der Waals surface area contributed by atoms with Crippen LogP contribution in [-0.2, 0) is 0 Å². The van der Waals surface area contributed by atoms with Crippen LogP contribution in [0.2, 0.25) is 0 Å². The second-order valence-electron chi connectivity index (χ2n) is 6.33. The second kappa shape index (κ2) is 7.41. The van der Waals surface area contributed by atoms with E-state index in [9.17, 15) is 0 Å². The third-order valence-corrected chi connectivity index (χ3v) is 4.92. The zero-order valence-corrected chi connectivity index (χ0v) is 12.3. The van der Waals surface area contributed by atoms with E-state index in [-0.39, 0.29) is 5.54 Å².